The molecule has 21 heavy (non-hydrogen) atoms. The standard InChI is InChI=1S/C17H22O4/c18-17(19)11-16(12-1-2-12)13-3-5-14(6-4-13)21-15-7-9-20-10-8-15/h3-6,12,15-16H,1-2,7-11H2,(H,18,19). The van der Waals surface area contributed by atoms with Crippen LogP contribution in [0.5, 0.6) is 5.75 Å². The van der Waals surface area contributed by atoms with E-state index in [1.807, 2.05) is 24.3 Å². The third kappa shape index (κ3) is 3.97. The first-order valence-corrected chi connectivity index (χ1v) is 7.78. The lowest BCUT2D eigenvalue weighted by atomic mass is 9.91. The highest BCUT2D eigenvalue weighted by Crippen LogP contribution is 2.44. The first-order valence-electron chi connectivity index (χ1n) is 7.78. The van der Waals surface area contributed by atoms with Crippen molar-refractivity contribution in [1.82, 2.24) is 0 Å². The van der Waals surface area contributed by atoms with Crippen molar-refractivity contribution in [3.05, 3.63) is 29.8 Å². The van der Waals surface area contributed by atoms with E-state index in [0.29, 0.717) is 5.92 Å². The maximum Gasteiger partial charge on any atom is 0.303 e. The highest BCUT2D eigenvalue weighted by molar-refractivity contribution is 5.68. The maximum absolute atomic E-state index is 11.0. The lowest BCUT2D eigenvalue weighted by Gasteiger charge is -2.23. The van der Waals surface area contributed by atoms with Gasteiger partial charge in [0.15, 0.2) is 0 Å². The summed E-state index contributed by atoms with van der Waals surface area (Å²) in [6.07, 6.45) is 4.64. The van der Waals surface area contributed by atoms with E-state index in [9.17, 15) is 4.79 Å². The molecule has 1 aromatic carbocycles. The van der Waals surface area contributed by atoms with Gasteiger partial charge in [0.1, 0.15) is 11.9 Å². The Bertz CT molecular complexity index is 472. The Kier molecular flexibility index (Phi) is 4.44. The SMILES string of the molecule is O=C(O)CC(c1ccc(OC2CCOCC2)cc1)C1CC1. The van der Waals surface area contributed by atoms with Gasteiger partial charge < -0.3 is 14.6 Å². The summed E-state index contributed by atoms with van der Waals surface area (Å²) in [7, 11) is 0. The van der Waals surface area contributed by atoms with Crippen LogP contribution in [0.15, 0.2) is 24.3 Å². The topological polar surface area (TPSA) is 55.8 Å². The largest absolute Gasteiger partial charge is 0.490 e. The predicted octanol–water partition coefficient (Wildman–Crippen LogP) is 3.21. The van der Waals surface area contributed by atoms with E-state index in [-0.39, 0.29) is 18.4 Å². The Balaban J connectivity index is 1.63. The van der Waals surface area contributed by atoms with Crippen molar-refractivity contribution in [2.75, 3.05) is 13.2 Å². The van der Waals surface area contributed by atoms with Crippen LogP contribution in [0.1, 0.15) is 43.6 Å². The van der Waals surface area contributed by atoms with Crippen molar-refractivity contribution in [1.29, 1.82) is 0 Å². The van der Waals surface area contributed by atoms with Gasteiger partial charge in [0.25, 0.3) is 0 Å². The number of ether oxygens (including phenoxy) is 2. The zero-order chi connectivity index (χ0) is 14.7. The lowest BCUT2D eigenvalue weighted by molar-refractivity contribution is -0.137. The molecule has 2 fully saturated rings. The molecule has 2 aliphatic rings. The number of carbonyl (C=O) groups is 1. The minimum atomic E-state index is -0.713. The molecule has 1 N–H and O–H groups in total. The van der Waals surface area contributed by atoms with Crippen LogP contribution >= 0.6 is 0 Å². The van der Waals surface area contributed by atoms with Crippen molar-refractivity contribution in [2.24, 2.45) is 5.92 Å². The molecule has 3 rings (SSSR count). The number of aliphatic carboxylic acids is 1. The molecule has 1 aliphatic heterocycles. The average Bonchev–Trinajstić information content (AvgIpc) is 3.31. The molecular formula is C17H22O4. The summed E-state index contributed by atoms with van der Waals surface area (Å²) in [5, 5.41) is 9.06. The quantitative estimate of drug-likeness (QED) is 0.874. The fraction of sp³-hybridized carbons (Fsp3) is 0.588. The summed E-state index contributed by atoms with van der Waals surface area (Å²) < 4.78 is 11.3. The van der Waals surface area contributed by atoms with Gasteiger partial charge in [0, 0.05) is 12.8 Å². The zero-order valence-corrected chi connectivity index (χ0v) is 12.2. The van der Waals surface area contributed by atoms with E-state index in [0.717, 1.165) is 50.2 Å². The smallest absolute Gasteiger partial charge is 0.303 e. The first kappa shape index (κ1) is 14.4. The molecule has 0 spiro atoms. The monoisotopic (exact) mass is 290 g/mol. The van der Waals surface area contributed by atoms with Gasteiger partial charge in [-0.1, -0.05) is 12.1 Å². The summed E-state index contributed by atoms with van der Waals surface area (Å²) in [5.41, 5.74) is 1.12. The second kappa shape index (κ2) is 6.48. The highest BCUT2D eigenvalue weighted by Gasteiger charge is 2.33. The fourth-order valence-corrected chi connectivity index (χ4v) is 3.02. The van der Waals surface area contributed by atoms with Gasteiger partial charge in [-0.3, -0.25) is 4.79 Å². The van der Waals surface area contributed by atoms with Crippen LogP contribution in [0.2, 0.25) is 0 Å². The lowest BCUT2D eigenvalue weighted by Crippen LogP contribution is -2.25. The van der Waals surface area contributed by atoms with E-state index < -0.39 is 5.97 Å². The molecule has 1 saturated carbocycles. The molecule has 1 saturated heterocycles. The van der Waals surface area contributed by atoms with Gasteiger partial charge in [-0.2, -0.15) is 0 Å². The molecule has 4 heteroatoms. The van der Waals surface area contributed by atoms with E-state index in [1.165, 1.54) is 0 Å². The highest BCUT2D eigenvalue weighted by atomic mass is 16.5. The van der Waals surface area contributed by atoms with E-state index in [2.05, 4.69) is 0 Å². The van der Waals surface area contributed by atoms with Crippen LogP contribution in [0.25, 0.3) is 0 Å². The Labute approximate surface area is 125 Å². The van der Waals surface area contributed by atoms with Crippen molar-refractivity contribution in [3.63, 3.8) is 0 Å². The van der Waals surface area contributed by atoms with Crippen molar-refractivity contribution < 1.29 is 19.4 Å². The van der Waals surface area contributed by atoms with Crippen molar-refractivity contribution in [3.8, 4) is 5.75 Å². The summed E-state index contributed by atoms with van der Waals surface area (Å²) >= 11 is 0. The van der Waals surface area contributed by atoms with Gasteiger partial charge in [-0.25, -0.2) is 0 Å². The summed E-state index contributed by atoms with van der Waals surface area (Å²) in [4.78, 5) is 11.0. The van der Waals surface area contributed by atoms with E-state index in [1.54, 1.807) is 0 Å². The Morgan fingerprint density at radius 3 is 2.43 bits per heavy atom. The molecule has 0 bridgehead atoms. The molecule has 1 heterocycles. The van der Waals surface area contributed by atoms with Gasteiger partial charge in [-0.05, 0) is 42.4 Å². The Morgan fingerprint density at radius 2 is 1.86 bits per heavy atom. The molecule has 1 unspecified atom stereocenters. The summed E-state index contributed by atoms with van der Waals surface area (Å²) in [6, 6.07) is 8.01. The molecule has 1 aliphatic carbocycles. The molecule has 114 valence electrons. The number of rotatable bonds is 6. The minimum Gasteiger partial charge on any atom is -0.490 e. The molecule has 0 aromatic heterocycles. The number of carboxylic acids is 1. The first-order chi connectivity index (χ1) is 10.2. The van der Waals surface area contributed by atoms with Gasteiger partial charge in [0.2, 0.25) is 0 Å². The predicted molar refractivity (Wildman–Crippen MR) is 78.6 cm³/mol. The number of hydrogen-bond acceptors (Lipinski definition) is 3. The maximum atomic E-state index is 11.0. The van der Waals surface area contributed by atoms with Gasteiger partial charge >= 0.3 is 5.97 Å². The fourth-order valence-electron chi connectivity index (χ4n) is 3.02. The van der Waals surface area contributed by atoms with Crippen LogP contribution in [0.4, 0.5) is 0 Å². The van der Waals surface area contributed by atoms with E-state index >= 15 is 0 Å². The van der Waals surface area contributed by atoms with Gasteiger partial charge in [0.05, 0.1) is 19.6 Å². The minimum absolute atomic E-state index is 0.152. The number of hydrogen-bond donors (Lipinski definition) is 1. The average molecular weight is 290 g/mol. The van der Waals surface area contributed by atoms with Crippen LogP contribution in [0, 0.1) is 5.92 Å². The summed E-state index contributed by atoms with van der Waals surface area (Å²) in [5.74, 6) is 0.855. The van der Waals surface area contributed by atoms with E-state index in [4.69, 9.17) is 14.6 Å². The Hall–Kier alpha value is -1.55. The second-order valence-corrected chi connectivity index (χ2v) is 6.04. The van der Waals surface area contributed by atoms with Crippen molar-refractivity contribution in [2.45, 2.75) is 44.1 Å². The second-order valence-electron chi connectivity index (χ2n) is 6.04. The Morgan fingerprint density at radius 1 is 1.19 bits per heavy atom. The van der Waals surface area contributed by atoms with Crippen molar-refractivity contribution >= 4 is 5.97 Å². The third-order valence-corrected chi connectivity index (χ3v) is 4.36. The van der Waals surface area contributed by atoms with Gasteiger partial charge in [-0.15, -0.1) is 0 Å². The molecule has 1 atom stereocenters. The molecule has 4 nitrogen and oxygen atoms in total. The van der Waals surface area contributed by atoms with Crippen LogP contribution in [-0.2, 0) is 9.53 Å². The summed E-state index contributed by atoms with van der Waals surface area (Å²) in [6.45, 7) is 1.54. The van der Waals surface area contributed by atoms with Crippen LogP contribution in [-0.4, -0.2) is 30.4 Å². The molecule has 0 amide bonds. The third-order valence-electron chi connectivity index (χ3n) is 4.36. The molecular weight excluding hydrogens is 268 g/mol. The normalized spacial score (nSPS) is 21.0. The van der Waals surface area contributed by atoms with Crippen LogP contribution in [0.3, 0.4) is 0 Å². The number of carboxylic acid groups (broad SMARTS) is 1. The number of benzene rings is 1. The zero-order valence-electron chi connectivity index (χ0n) is 12.2. The van der Waals surface area contributed by atoms with Crippen LogP contribution < -0.4 is 4.74 Å². The molecule has 0 radical (unpaired) electrons. The molecule has 1 aromatic rings.